The number of hydrogen-bond donors (Lipinski definition) is 2. The van der Waals surface area contributed by atoms with Gasteiger partial charge in [0.25, 0.3) is 5.91 Å². The van der Waals surface area contributed by atoms with Crippen molar-refractivity contribution in [3.05, 3.63) is 51.0 Å². The highest BCUT2D eigenvalue weighted by Gasteiger charge is 2.14. The maximum atomic E-state index is 12.2. The Morgan fingerprint density at radius 3 is 2.33 bits per heavy atom. The summed E-state index contributed by atoms with van der Waals surface area (Å²) in [5.74, 6) is -0.308. The molecule has 0 aliphatic carbocycles. The van der Waals surface area contributed by atoms with Crippen LogP contribution in [0.3, 0.4) is 0 Å². The van der Waals surface area contributed by atoms with Crippen LogP contribution < -0.4 is 10.1 Å². The Hall–Kier alpha value is -1.62. The third-order valence-corrected chi connectivity index (χ3v) is 3.49. The molecule has 0 spiro atoms. The number of amides is 1. The lowest BCUT2D eigenvalue weighted by Crippen LogP contribution is -2.13. The van der Waals surface area contributed by atoms with Gasteiger partial charge < -0.3 is 15.2 Å². The van der Waals surface area contributed by atoms with Crippen molar-refractivity contribution in [3.63, 3.8) is 0 Å². The molecule has 2 aromatic carbocycles. The van der Waals surface area contributed by atoms with Gasteiger partial charge in [-0.15, -0.1) is 0 Å². The molecular weight excluding hydrogens is 337 g/mol. The van der Waals surface area contributed by atoms with E-state index in [1.165, 1.54) is 25.3 Å². The van der Waals surface area contributed by atoms with Crippen LogP contribution in [-0.4, -0.2) is 18.1 Å². The number of rotatable bonds is 3. The molecule has 7 heteroatoms. The number of anilines is 1. The Morgan fingerprint density at radius 1 is 1.14 bits per heavy atom. The fraction of sp³-hybridized carbons (Fsp3) is 0.0714. The maximum absolute atomic E-state index is 12.2. The minimum absolute atomic E-state index is 0.0425. The molecule has 0 bridgehead atoms. The number of aromatic hydroxyl groups is 1. The average molecular weight is 347 g/mol. The van der Waals surface area contributed by atoms with Crippen LogP contribution in [0.4, 0.5) is 5.69 Å². The number of phenols is 1. The van der Waals surface area contributed by atoms with Crippen LogP contribution >= 0.6 is 34.8 Å². The van der Waals surface area contributed by atoms with Gasteiger partial charge in [0.15, 0.2) is 5.75 Å². The van der Waals surface area contributed by atoms with E-state index in [1.54, 1.807) is 12.1 Å². The zero-order chi connectivity index (χ0) is 15.6. The molecule has 0 aromatic heterocycles. The van der Waals surface area contributed by atoms with Crippen LogP contribution in [0.5, 0.6) is 11.5 Å². The van der Waals surface area contributed by atoms with Crippen molar-refractivity contribution < 1.29 is 14.6 Å². The van der Waals surface area contributed by atoms with Gasteiger partial charge in [0.2, 0.25) is 0 Å². The van der Waals surface area contributed by atoms with E-state index in [0.29, 0.717) is 22.0 Å². The summed E-state index contributed by atoms with van der Waals surface area (Å²) in [6.45, 7) is 0. The van der Waals surface area contributed by atoms with E-state index in [4.69, 9.17) is 39.5 Å². The van der Waals surface area contributed by atoms with E-state index in [-0.39, 0.29) is 15.8 Å². The summed E-state index contributed by atoms with van der Waals surface area (Å²) in [7, 11) is 1.44. The lowest BCUT2D eigenvalue weighted by molar-refractivity contribution is 0.102. The van der Waals surface area contributed by atoms with Crippen molar-refractivity contribution in [2.75, 3.05) is 12.4 Å². The van der Waals surface area contributed by atoms with Gasteiger partial charge in [0, 0.05) is 10.7 Å². The zero-order valence-corrected chi connectivity index (χ0v) is 13.1. The highest BCUT2D eigenvalue weighted by atomic mass is 35.5. The fourth-order valence-electron chi connectivity index (χ4n) is 1.69. The number of ether oxygens (including phenoxy) is 1. The Kier molecular flexibility index (Phi) is 4.83. The Morgan fingerprint density at radius 2 is 1.76 bits per heavy atom. The standard InChI is InChI=1S/C14H10Cl3NO3/c1-21-12-4-7(15)2-3-9(12)14(20)18-8-5-10(16)13(19)11(17)6-8/h2-6,19H,1H3,(H,18,20). The van der Waals surface area contributed by atoms with Crippen molar-refractivity contribution in [2.24, 2.45) is 0 Å². The summed E-state index contributed by atoms with van der Waals surface area (Å²) in [4.78, 5) is 12.2. The summed E-state index contributed by atoms with van der Waals surface area (Å²) < 4.78 is 5.11. The topological polar surface area (TPSA) is 58.6 Å². The maximum Gasteiger partial charge on any atom is 0.259 e. The highest BCUT2D eigenvalue weighted by molar-refractivity contribution is 6.37. The number of hydrogen-bond acceptors (Lipinski definition) is 3. The molecule has 0 heterocycles. The minimum atomic E-state index is -0.415. The first-order valence-corrected chi connectivity index (χ1v) is 6.88. The normalized spacial score (nSPS) is 10.3. The van der Waals surface area contributed by atoms with E-state index in [1.807, 2.05) is 0 Å². The predicted molar refractivity (Wildman–Crippen MR) is 84.1 cm³/mol. The molecule has 0 radical (unpaired) electrons. The van der Waals surface area contributed by atoms with Gasteiger partial charge in [-0.1, -0.05) is 34.8 Å². The minimum Gasteiger partial charge on any atom is -0.505 e. The van der Waals surface area contributed by atoms with Crippen LogP contribution in [0.25, 0.3) is 0 Å². The Bertz CT molecular complexity index is 681. The molecule has 21 heavy (non-hydrogen) atoms. The van der Waals surface area contributed by atoms with Crippen LogP contribution in [0.1, 0.15) is 10.4 Å². The molecule has 0 fully saturated rings. The molecule has 0 aliphatic rings. The van der Waals surface area contributed by atoms with E-state index >= 15 is 0 Å². The number of nitrogens with one attached hydrogen (secondary N) is 1. The van der Waals surface area contributed by atoms with E-state index in [9.17, 15) is 9.90 Å². The van der Waals surface area contributed by atoms with Crippen molar-refractivity contribution in [3.8, 4) is 11.5 Å². The summed E-state index contributed by atoms with van der Waals surface area (Å²) >= 11 is 17.4. The molecule has 0 atom stereocenters. The lowest BCUT2D eigenvalue weighted by Gasteiger charge is -2.11. The van der Waals surface area contributed by atoms with Crippen LogP contribution in [0, 0.1) is 0 Å². The third kappa shape index (κ3) is 3.53. The van der Waals surface area contributed by atoms with Crippen LogP contribution in [0.15, 0.2) is 30.3 Å². The highest BCUT2D eigenvalue weighted by Crippen LogP contribution is 2.35. The number of benzene rings is 2. The van der Waals surface area contributed by atoms with Gasteiger partial charge in [-0.3, -0.25) is 4.79 Å². The summed E-state index contributed by atoms with van der Waals surface area (Å²) in [5, 5.41) is 12.6. The molecular formula is C14H10Cl3NO3. The molecule has 4 nitrogen and oxygen atoms in total. The monoisotopic (exact) mass is 345 g/mol. The number of carbonyl (C=O) groups is 1. The largest absolute Gasteiger partial charge is 0.505 e. The summed E-state index contributed by atoms with van der Waals surface area (Å²) in [6.07, 6.45) is 0. The molecule has 0 aliphatic heterocycles. The average Bonchev–Trinajstić information content (AvgIpc) is 2.44. The molecule has 0 unspecified atom stereocenters. The first-order valence-electron chi connectivity index (χ1n) is 5.75. The molecule has 2 aromatic rings. The van der Waals surface area contributed by atoms with Gasteiger partial charge in [0.1, 0.15) is 5.75 Å². The predicted octanol–water partition coefficient (Wildman–Crippen LogP) is 4.61. The first-order chi connectivity index (χ1) is 9.92. The number of carbonyl (C=O) groups excluding carboxylic acids is 1. The van der Waals surface area contributed by atoms with Crippen molar-refractivity contribution >= 4 is 46.4 Å². The molecule has 0 saturated carbocycles. The van der Waals surface area contributed by atoms with Gasteiger partial charge in [-0.05, 0) is 30.3 Å². The smallest absolute Gasteiger partial charge is 0.259 e. The number of phenolic OH excluding ortho intramolecular Hbond substituents is 1. The van der Waals surface area contributed by atoms with Gasteiger partial charge in [0.05, 0.1) is 22.7 Å². The van der Waals surface area contributed by atoms with E-state index in [0.717, 1.165) is 0 Å². The third-order valence-electron chi connectivity index (χ3n) is 2.68. The zero-order valence-electron chi connectivity index (χ0n) is 10.8. The first kappa shape index (κ1) is 15.8. The molecule has 110 valence electrons. The van der Waals surface area contributed by atoms with Crippen molar-refractivity contribution in [2.45, 2.75) is 0 Å². The van der Waals surface area contributed by atoms with E-state index < -0.39 is 5.91 Å². The lowest BCUT2D eigenvalue weighted by atomic mass is 10.2. The van der Waals surface area contributed by atoms with E-state index in [2.05, 4.69) is 5.32 Å². The second-order valence-corrected chi connectivity index (χ2v) is 5.34. The van der Waals surface area contributed by atoms with Gasteiger partial charge in [-0.25, -0.2) is 0 Å². The molecule has 1 amide bonds. The SMILES string of the molecule is COc1cc(Cl)ccc1C(=O)Nc1cc(Cl)c(O)c(Cl)c1. The number of halogens is 3. The number of methoxy groups -OCH3 is 1. The Labute approximate surface area is 136 Å². The van der Waals surface area contributed by atoms with Crippen molar-refractivity contribution in [1.82, 2.24) is 0 Å². The summed E-state index contributed by atoms with van der Waals surface area (Å²) in [5.41, 5.74) is 0.659. The van der Waals surface area contributed by atoms with Crippen LogP contribution in [0.2, 0.25) is 15.1 Å². The molecule has 2 rings (SSSR count). The Balaban J connectivity index is 2.30. The second kappa shape index (κ2) is 6.43. The quantitative estimate of drug-likeness (QED) is 0.798. The van der Waals surface area contributed by atoms with Gasteiger partial charge in [-0.2, -0.15) is 0 Å². The molecule has 2 N–H and O–H groups in total. The van der Waals surface area contributed by atoms with Gasteiger partial charge >= 0.3 is 0 Å². The second-order valence-electron chi connectivity index (χ2n) is 4.09. The fourth-order valence-corrected chi connectivity index (χ4v) is 2.34. The summed E-state index contributed by atoms with van der Waals surface area (Å²) in [6, 6.07) is 7.44. The van der Waals surface area contributed by atoms with Crippen molar-refractivity contribution in [1.29, 1.82) is 0 Å². The van der Waals surface area contributed by atoms with Crippen LogP contribution in [-0.2, 0) is 0 Å². The molecule has 0 saturated heterocycles.